The molecule has 5 heterocycles. The average Bonchev–Trinajstić information content (AvgIpc) is 3.54. The lowest BCUT2D eigenvalue weighted by atomic mass is 10.0. The Balaban J connectivity index is 1.36. The molecule has 3 aliphatic heterocycles. The lowest BCUT2D eigenvalue weighted by Gasteiger charge is -2.29. The maximum absolute atomic E-state index is 13.4. The third kappa shape index (κ3) is 4.91. The zero-order valence-electron chi connectivity index (χ0n) is 21.6. The van der Waals surface area contributed by atoms with E-state index in [4.69, 9.17) is 4.74 Å². The van der Waals surface area contributed by atoms with Crippen LogP contribution in [0.2, 0.25) is 0 Å². The minimum absolute atomic E-state index is 0.0114. The van der Waals surface area contributed by atoms with Gasteiger partial charge in [0, 0.05) is 63.6 Å². The van der Waals surface area contributed by atoms with E-state index in [1.165, 1.54) is 11.1 Å². The topological polar surface area (TPSA) is 132 Å². The molecule has 0 radical (unpaired) electrons. The highest BCUT2D eigenvalue weighted by Gasteiger charge is 2.31. The molecule has 11 nitrogen and oxygen atoms in total. The summed E-state index contributed by atoms with van der Waals surface area (Å²) in [5, 5.41) is 12.4. The van der Waals surface area contributed by atoms with Crippen molar-refractivity contribution in [1.82, 2.24) is 14.9 Å². The van der Waals surface area contributed by atoms with Gasteiger partial charge in [0.2, 0.25) is 5.91 Å². The first-order chi connectivity index (χ1) is 18.4. The molecule has 1 N–H and O–H groups in total. The van der Waals surface area contributed by atoms with Crippen LogP contribution in [-0.4, -0.2) is 72.5 Å². The molecule has 0 saturated carbocycles. The van der Waals surface area contributed by atoms with E-state index in [1.54, 1.807) is 18.1 Å². The first kappa shape index (κ1) is 25.6. The quantitative estimate of drug-likeness (QED) is 0.579. The number of aromatic nitrogens is 2. The maximum atomic E-state index is 13.4. The summed E-state index contributed by atoms with van der Waals surface area (Å²) in [4.78, 5) is 51.9. The van der Waals surface area contributed by atoms with Crippen LogP contribution < -0.4 is 15.1 Å². The van der Waals surface area contributed by atoms with Crippen LogP contribution in [0.4, 0.5) is 22.1 Å². The minimum atomic E-state index is -0.411. The predicted molar refractivity (Wildman–Crippen MR) is 140 cm³/mol. The van der Waals surface area contributed by atoms with Gasteiger partial charge in [0.05, 0.1) is 17.4 Å². The van der Waals surface area contributed by atoms with Crippen LogP contribution in [-0.2, 0) is 22.5 Å². The Morgan fingerprint density at radius 2 is 2.13 bits per heavy atom. The van der Waals surface area contributed by atoms with Gasteiger partial charge in [-0.2, -0.15) is 5.26 Å². The van der Waals surface area contributed by atoms with Gasteiger partial charge < -0.3 is 14.5 Å². The van der Waals surface area contributed by atoms with Crippen LogP contribution in [0.1, 0.15) is 53.4 Å². The summed E-state index contributed by atoms with van der Waals surface area (Å²) in [5.74, 6) is 0.840. The lowest BCUT2D eigenvalue weighted by molar-refractivity contribution is -0.131. The molecule has 5 rings (SSSR count). The number of hydrogen-bond acceptors (Lipinski definition) is 8. The minimum Gasteiger partial charge on any atom is -0.380 e. The van der Waals surface area contributed by atoms with Gasteiger partial charge >= 0.3 is 6.03 Å². The Bertz CT molecular complexity index is 1310. The van der Waals surface area contributed by atoms with Crippen molar-refractivity contribution in [2.75, 3.05) is 48.4 Å². The third-order valence-corrected chi connectivity index (χ3v) is 7.61. The van der Waals surface area contributed by atoms with Gasteiger partial charge in [-0.25, -0.2) is 14.8 Å². The lowest BCUT2D eigenvalue weighted by Crippen LogP contribution is -2.40. The highest BCUT2D eigenvalue weighted by molar-refractivity contribution is 6.02. The molecule has 2 aromatic heterocycles. The van der Waals surface area contributed by atoms with Gasteiger partial charge in [0.25, 0.3) is 0 Å². The van der Waals surface area contributed by atoms with E-state index in [2.05, 4.69) is 26.3 Å². The number of carbonyl (C=O) groups is 3. The molecule has 2 atom stereocenters. The number of amides is 3. The van der Waals surface area contributed by atoms with Crippen molar-refractivity contribution in [2.45, 2.75) is 45.3 Å². The molecule has 0 bridgehead atoms. The third-order valence-electron chi connectivity index (χ3n) is 7.61. The van der Waals surface area contributed by atoms with E-state index in [9.17, 15) is 19.6 Å². The van der Waals surface area contributed by atoms with Gasteiger partial charge in [-0.1, -0.05) is 6.92 Å². The van der Waals surface area contributed by atoms with E-state index in [0.717, 1.165) is 37.8 Å². The summed E-state index contributed by atoms with van der Waals surface area (Å²) in [6.45, 7) is 4.75. The smallest absolute Gasteiger partial charge is 0.328 e. The summed E-state index contributed by atoms with van der Waals surface area (Å²) in [7, 11) is 1.67. The Hall–Kier alpha value is -4.04. The van der Waals surface area contributed by atoms with Crippen LogP contribution in [0, 0.1) is 17.2 Å². The number of hydrogen-bond donors (Lipinski definition) is 1. The first-order valence-electron chi connectivity index (χ1n) is 12.9. The fraction of sp³-hybridized carbons (Fsp3) is 0.481. The zero-order valence-corrected chi connectivity index (χ0v) is 21.6. The number of aryl methyl sites for hydroxylation is 1. The van der Waals surface area contributed by atoms with Gasteiger partial charge in [0.1, 0.15) is 23.4 Å². The number of aldehydes is 1. The summed E-state index contributed by atoms with van der Waals surface area (Å²) in [6.07, 6.45) is 5.35. The SMILES string of the molecule is CO[C@H]1CCN(c2cc(NC(=O)N3CCCc4cc(CN5CC[C@@H](C)C5=O)c(C=O)nc43)ncc2C#N)C1. The van der Waals surface area contributed by atoms with Crippen molar-refractivity contribution >= 4 is 35.5 Å². The number of carbonyl (C=O) groups excluding carboxylic acids is 3. The molecule has 3 amide bonds. The summed E-state index contributed by atoms with van der Waals surface area (Å²) in [6, 6.07) is 5.38. The molecule has 0 spiro atoms. The summed E-state index contributed by atoms with van der Waals surface area (Å²) >= 11 is 0. The van der Waals surface area contributed by atoms with Crippen molar-refractivity contribution < 1.29 is 19.1 Å². The second kappa shape index (κ2) is 10.8. The first-order valence-corrected chi connectivity index (χ1v) is 12.9. The molecular formula is C27H31N7O4. The number of nitrogens with zero attached hydrogens (tertiary/aromatic N) is 6. The highest BCUT2D eigenvalue weighted by Crippen LogP contribution is 2.31. The van der Waals surface area contributed by atoms with Crippen molar-refractivity contribution in [3.05, 3.63) is 40.7 Å². The second-order valence-corrected chi connectivity index (χ2v) is 10.1. The fourth-order valence-corrected chi connectivity index (χ4v) is 5.42. The number of fused-ring (bicyclic) bond motifs is 1. The van der Waals surface area contributed by atoms with Gasteiger partial charge in [-0.3, -0.25) is 19.8 Å². The Labute approximate surface area is 221 Å². The van der Waals surface area contributed by atoms with Crippen molar-refractivity contribution in [1.29, 1.82) is 5.26 Å². The summed E-state index contributed by atoms with van der Waals surface area (Å²) < 4.78 is 5.45. The van der Waals surface area contributed by atoms with E-state index in [1.807, 2.05) is 13.0 Å². The molecule has 0 unspecified atom stereocenters. The van der Waals surface area contributed by atoms with Crippen LogP contribution in [0.15, 0.2) is 18.3 Å². The molecule has 0 aromatic carbocycles. The molecule has 0 aliphatic carbocycles. The monoisotopic (exact) mass is 517 g/mol. The molecular weight excluding hydrogens is 486 g/mol. The Kier molecular flexibility index (Phi) is 7.24. The number of nitriles is 1. The number of urea groups is 1. The van der Waals surface area contributed by atoms with Crippen molar-refractivity contribution in [2.24, 2.45) is 5.92 Å². The van der Waals surface area contributed by atoms with Crippen LogP contribution in [0.25, 0.3) is 0 Å². The average molecular weight is 518 g/mol. The second-order valence-electron chi connectivity index (χ2n) is 10.1. The molecule has 11 heteroatoms. The Morgan fingerprint density at radius 1 is 1.29 bits per heavy atom. The number of anilines is 3. The van der Waals surface area contributed by atoms with Crippen molar-refractivity contribution in [3.63, 3.8) is 0 Å². The van der Waals surface area contributed by atoms with E-state index in [0.29, 0.717) is 60.9 Å². The van der Waals surface area contributed by atoms with Crippen LogP contribution >= 0.6 is 0 Å². The number of nitrogens with one attached hydrogen (secondary N) is 1. The molecule has 2 fully saturated rings. The maximum Gasteiger partial charge on any atom is 0.328 e. The summed E-state index contributed by atoms with van der Waals surface area (Å²) in [5.41, 5.74) is 2.92. The van der Waals surface area contributed by atoms with E-state index < -0.39 is 6.03 Å². The number of likely N-dealkylation sites (tertiary alicyclic amines) is 1. The number of methoxy groups -OCH3 is 1. The normalized spacial score (nSPS) is 20.9. The number of pyridine rings is 2. The molecule has 3 aliphatic rings. The van der Waals surface area contributed by atoms with Crippen LogP contribution in [0.3, 0.4) is 0 Å². The molecule has 198 valence electrons. The largest absolute Gasteiger partial charge is 0.380 e. The van der Waals surface area contributed by atoms with Gasteiger partial charge in [0.15, 0.2) is 6.29 Å². The zero-order chi connectivity index (χ0) is 26.8. The standard InChI is InChI=1S/C27H31N7O4/c1-17-5-8-33(26(17)36)14-19-10-18-4-3-7-34(25(18)30-22(19)16-35)27(37)31-24-11-23(20(12-28)13-29-24)32-9-6-21(15-32)38-2/h10-11,13,16-17,21H,3-9,14-15H2,1-2H3,(H,29,31,37)/t17-,21+/m1/s1. The van der Waals surface area contributed by atoms with E-state index >= 15 is 0 Å². The predicted octanol–water partition coefficient (Wildman–Crippen LogP) is 2.74. The molecule has 2 aromatic rings. The highest BCUT2D eigenvalue weighted by atomic mass is 16.5. The number of rotatable bonds is 6. The molecule has 2 saturated heterocycles. The van der Waals surface area contributed by atoms with E-state index in [-0.39, 0.29) is 23.6 Å². The van der Waals surface area contributed by atoms with Gasteiger partial charge in [-0.15, -0.1) is 0 Å². The number of ether oxygens (including phenoxy) is 1. The fourth-order valence-electron chi connectivity index (χ4n) is 5.42. The van der Waals surface area contributed by atoms with Crippen molar-refractivity contribution in [3.8, 4) is 6.07 Å². The Morgan fingerprint density at radius 3 is 2.82 bits per heavy atom. The van der Waals surface area contributed by atoms with Gasteiger partial charge in [-0.05, 0) is 37.3 Å². The van der Waals surface area contributed by atoms with Crippen LogP contribution in [0.5, 0.6) is 0 Å². The molecule has 38 heavy (non-hydrogen) atoms.